The van der Waals surface area contributed by atoms with Crippen LogP contribution in [-0.2, 0) is 4.74 Å². The average Bonchev–Trinajstić information content (AvgIpc) is 2.35. The fraction of sp³-hybridized carbons (Fsp3) is 0.625. The third-order valence-electron chi connectivity index (χ3n) is 4.98. The molecule has 21 heavy (non-hydrogen) atoms. The summed E-state index contributed by atoms with van der Waals surface area (Å²) in [6, 6.07) is 4.24. The van der Waals surface area contributed by atoms with E-state index in [0.717, 1.165) is 28.9 Å². The summed E-state index contributed by atoms with van der Waals surface area (Å²) < 4.78 is 12.3. The van der Waals surface area contributed by atoms with E-state index in [4.69, 9.17) is 21.1 Å². The van der Waals surface area contributed by atoms with E-state index < -0.39 is 0 Å². The SMILES string of the molecule is CCOC1CC(Nc2cc(Cl)cc(Br)c2OC)C12CCC2. The second-order valence-corrected chi connectivity index (χ2v) is 7.22. The zero-order valence-corrected chi connectivity index (χ0v) is 14.8. The normalized spacial score (nSPS) is 26.1. The molecule has 0 radical (unpaired) electrons. The van der Waals surface area contributed by atoms with Crippen molar-refractivity contribution in [3.05, 3.63) is 21.6 Å². The number of benzene rings is 1. The molecule has 3 rings (SSSR count). The zero-order chi connectivity index (χ0) is 15.0. The topological polar surface area (TPSA) is 30.5 Å². The molecule has 1 N–H and O–H groups in total. The Morgan fingerprint density at radius 1 is 1.43 bits per heavy atom. The number of rotatable bonds is 5. The first-order valence-corrected chi connectivity index (χ1v) is 8.69. The quantitative estimate of drug-likeness (QED) is 0.797. The molecular weight excluding hydrogens is 354 g/mol. The molecule has 116 valence electrons. The average molecular weight is 375 g/mol. The lowest BCUT2D eigenvalue weighted by Crippen LogP contribution is -2.64. The molecule has 1 spiro atoms. The second kappa shape index (κ2) is 5.98. The second-order valence-electron chi connectivity index (χ2n) is 5.93. The lowest BCUT2D eigenvalue weighted by atomic mass is 9.51. The van der Waals surface area contributed by atoms with Crippen molar-refractivity contribution < 1.29 is 9.47 Å². The molecule has 0 aromatic heterocycles. The summed E-state index contributed by atoms with van der Waals surface area (Å²) in [5.74, 6) is 0.814. The van der Waals surface area contributed by atoms with Crippen LogP contribution in [0, 0.1) is 5.41 Å². The van der Waals surface area contributed by atoms with Crippen LogP contribution < -0.4 is 10.1 Å². The largest absolute Gasteiger partial charge is 0.493 e. The third kappa shape index (κ3) is 2.55. The minimum atomic E-state index is 0.315. The highest BCUT2D eigenvalue weighted by Gasteiger charge is 2.59. The number of ether oxygens (including phenoxy) is 2. The van der Waals surface area contributed by atoms with Crippen LogP contribution in [0.1, 0.15) is 32.6 Å². The maximum atomic E-state index is 6.17. The molecule has 0 saturated heterocycles. The van der Waals surface area contributed by atoms with Crippen LogP contribution in [0.25, 0.3) is 0 Å². The summed E-state index contributed by atoms with van der Waals surface area (Å²) >= 11 is 9.68. The van der Waals surface area contributed by atoms with E-state index in [9.17, 15) is 0 Å². The van der Waals surface area contributed by atoms with Crippen LogP contribution in [-0.4, -0.2) is 25.9 Å². The molecule has 0 heterocycles. The summed E-state index contributed by atoms with van der Waals surface area (Å²) in [5.41, 5.74) is 1.28. The third-order valence-corrected chi connectivity index (χ3v) is 5.79. The number of nitrogens with one attached hydrogen (secondary N) is 1. The standard InChI is InChI=1S/C16H21BrClNO2/c1-3-21-14-9-13(16(14)5-4-6-16)19-12-8-10(18)7-11(17)15(12)20-2/h7-8,13-14,19H,3-6,9H2,1-2H3. The maximum absolute atomic E-state index is 6.17. The van der Waals surface area contributed by atoms with Crippen LogP contribution in [0.3, 0.4) is 0 Å². The Labute approximate surface area is 139 Å². The molecule has 1 aromatic carbocycles. The Morgan fingerprint density at radius 3 is 2.76 bits per heavy atom. The van der Waals surface area contributed by atoms with Crippen molar-refractivity contribution in [1.29, 1.82) is 0 Å². The first-order chi connectivity index (χ1) is 10.1. The Bertz CT molecular complexity index is 533. The van der Waals surface area contributed by atoms with E-state index in [-0.39, 0.29) is 0 Å². The van der Waals surface area contributed by atoms with E-state index in [0.29, 0.717) is 22.6 Å². The molecule has 3 nitrogen and oxygen atoms in total. The highest BCUT2D eigenvalue weighted by atomic mass is 79.9. The summed E-state index contributed by atoms with van der Waals surface area (Å²) in [4.78, 5) is 0. The van der Waals surface area contributed by atoms with Crippen LogP contribution in [0.5, 0.6) is 5.75 Å². The van der Waals surface area contributed by atoms with Gasteiger partial charge in [-0.25, -0.2) is 0 Å². The van der Waals surface area contributed by atoms with Gasteiger partial charge in [-0.15, -0.1) is 0 Å². The predicted octanol–water partition coefficient (Wildman–Crippen LogP) is 4.87. The zero-order valence-electron chi connectivity index (χ0n) is 12.4. The van der Waals surface area contributed by atoms with Gasteiger partial charge >= 0.3 is 0 Å². The highest BCUT2D eigenvalue weighted by Crippen LogP contribution is 2.58. The van der Waals surface area contributed by atoms with Gasteiger partial charge in [-0.05, 0) is 54.2 Å². The number of hydrogen-bond donors (Lipinski definition) is 1. The van der Waals surface area contributed by atoms with Gasteiger partial charge in [0.25, 0.3) is 0 Å². The van der Waals surface area contributed by atoms with Crippen LogP contribution >= 0.6 is 27.5 Å². The van der Waals surface area contributed by atoms with Crippen LogP contribution in [0.15, 0.2) is 16.6 Å². The van der Waals surface area contributed by atoms with Crippen molar-refractivity contribution >= 4 is 33.2 Å². The van der Waals surface area contributed by atoms with Crippen molar-refractivity contribution in [3.63, 3.8) is 0 Å². The maximum Gasteiger partial charge on any atom is 0.156 e. The molecule has 2 aliphatic rings. The molecule has 0 amide bonds. The van der Waals surface area contributed by atoms with Crippen molar-refractivity contribution in [2.45, 2.75) is 44.8 Å². The van der Waals surface area contributed by atoms with E-state index in [1.54, 1.807) is 7.11 Å². The minimum absolute atomic E-state index is 0.315. The van der Waals surface area contributed by atoms with E-state index in [1.165, 1.54) is 19.3 Å². The molecule has 2 saturated carbocycles. The van der Waals surface area contributed by atoms with E-state index in [1.807, 2.05) is 12.1 Å². The van der Waals surface area contributed by atoms with Gasteiger partial charge in [-0.2, -0.15) is 0 Å². The molecule has 2 atom stereocenters. The van der Waals surface area contributed by atoms with Crippen LogP contribution in [0.4, 0.5) is 5.69 Å². The minimum Gasteiger partial charge on any atom is -0.493 e. The molecule has 2 unspecified atom stereocenters. The summed E-state index contributed by atoms with van der Waals surface area (Å²) in [6.07, 6.45) is 5.26. The molecule has 2 fully saturated rings. The smallest absolute Gasteiger partial charge is 0.156 e. The van der Waals surface area contributed by atoms with Crippen molar-refractivity contribution in [3.8, 4) is 5.75 Å². The molecular formula is C16H21BrClNO2. The Balaban J connectivity index is 1.79. The van der Waals surface area contributed by atoms with Gasteiger partial charge in [0.15, 0.2) is 5.75 Å². The Hall–Kier alpha value is -0.450. The summed E-state index contributed by atoms with van der Waals surface area (Å²) in [6.45, 7) is 2.87. The molecule has 2 aliphatic carbocycles. The first kappa shape index (κ1) is 15.4. The van der Waals surface area contributed by atoms with Gasteiger partial charge < -0.3 is 14.8 Å². The lowest BCUT2D eigenvalue weighted by molar-refractivity contribution is -0.157. The molecule has 5 heteroatoms. The van der Waals surface area contributed by atoms with Gasteiger partial charge in [-0.1, -0.05) is 18.0 Å². The van der Waals surface area contributed by atoms with Crippen molar-refractivity contribution in [2.24, 2.45) is 5.41 Å². The Morgan fingerprint density at radius 2 is 2.19 bits per heavy atom. The summed E-state index contributed by atoms with van der Waals surface area (Å²) in [5, 5.41) is 4.34. The Kier molecular flexibility index (Phi) is 4.40. The molecule has 0 bridgehead atoms. The molecule has 1 aromatic rings. The number of hydrogen-bond acceptors (Lipinski definition) is 3. The monoisotopic (exact) mass is 373 g/mol. The van der Waals surface area contributed by atoms with Crippen molar-refractivity contribution in [1.82, 2.24) is 0 Å². The van der Waals surface area contributed by atoms with Gasteiger partial charge in [0.1, 0.15) is 0 Å². The van der Waals surface area contributed by atoms with Gasteiger partial charge in [0, 0.05) is 23.1 Å². The lowest BCUT2D eigenvalue weighted by Gasteiger charge is -2.61. The fourth-order valence-corrected chi connectivity index (χ4v) is 4.68. The molecule has 0 aliphatic heterocycles. The van der Waals surface area contributed by atoms with E-state index in [2.05, 4.69) is 28.2 Å². The number of methoxy groups -OCH3 is 1. The first-order valence-electron chi connectivity index (χ1n) is 7.52. The van der Waals surface area contributed by atoms with Gasteiger partial charge in [-0.3, -0.25) is 0 Å². The van der Waals surface area contributed by atoms with Crippen molar-refractivity contribution in [2.75, 3.05) is 19.0 Å². The highest BCUT2D eigenvalue weighted by molar-refractivity contribution is 9.10. The number of anilines is 1. The number of halogens is 2. The predicted molar refractivity (Wildman–Crippen MR) is 89.4 cm³/mol. The fourth-order valence-electron chi connectivity index (χ4n) is 3.70. The van der Waals surface area contributed by atoms with Gasteiger partial charge in [0.2, 0.25) is 0 Å². The van der Waals surface area contributed by atoms with Crippen LogP contribution in [0.2, 0.25) is 5.02 Å². The summed E-state index contributed by atoms with van der Waals surface area (Å²) in [7, 11) is 1.68. The van der Waals surface area contributed by atoms with E-state index >= 15 is 0 Å². The van der Waals surface area contributed by atoms with Gasteiger partial charge in [0.05, 0.1) is 23.4 Å².